The van der Waals surface area contributed by atoms with Crippen molar-refractivity contribution in [2.75, 3.05) is 49.5 Å². The van der Waals surface area contributed by atoms with E-state index in [4.69, 9.17) is 5.26 Å². The molecule has 2 fully saturated rings. The number of fused-ring (bicyclic) bond motifs is 1. The third-order valence-electron chi connectivity index (χ3n) is 8.00. The maximum Gasteiger partial charge on any atom is 0.407 e. The number of likely N-dealkylation sites (tertiary alicyclic amines) is 1. The number of carbonyl (C=O) groups excluding carboxylic acids is 1. The first kappa shape index (κ1) is 29.7. The molecule has 4 aromatic rings. The molecule has 45 heavy (non-hydrogen) atoms. The van der Waals surface area contributed by atoms with Crippen LogP contribution in [0.1, 0.15) is 25.7 Å². The van der Waals surface area contributed by atoms with Gasteiger partial charge in [0.1, 0.15) is 35.1 Å². The lowest BCUT2D eigenvalue weighted by Gasteiger charge is -2.33. The second kappa shape index (κ2) is 12.7. The topological polar surface area (TPSA) is 156 Å². The fourth-order valence-corrected chi connectivity index (χ4v) is 5.74. The van der Waals surface area contributed by atoms with E-state index in [-0.39, 0.29) is 42.3 Å². The van der Waals surface area contributed by atoms with Crippen LogP contribution in [-0.4, -0.2) is 96.6 Å². The molecule has 0 unspecified atom stereocenters. The summed E-state index contributed by atoms with van der Waals surface area (Å²) in [5.41, 5.74) is 1.20. The molecule has 15 heteroatoms. The average Bonchev–Trinajstić information content (AvgIpc) is 3.28. The van der Waals surface area contributed by atoms with E-state index in [0.717, 1.165) is 0 Å². The molecule has 2 aliphatic heterocycles. The van der Waals surface area contributed by atoms with Gasteiger partial charge in [-0.15, -0.1) is 0 Å². The van der Waals surface area contributed by atoms with E-state index in [9.17, 15) is 19.1 Å². The van der Waals surface area contributed by atoms with Crippen molar-refractivity contribution in [3.05, 3.63) is 54.5 Å². The van der Waals surface area contributed by atoms with E-state index >= 15 is 4.39 Å². The zero-order valence-electron chi connectivity index (χ0n) is 24.2. The molecule has 2 N–H and O–H groups in total. The van der Waals surface area contributed by atoms with E-state index in [1.807, 2.05) is 11.0 Å². The summed E-state index contributed by atoms with van der Waals surface area (Å²) < 4.78 is 32.1. The minimum absolute atomic E-state index is 0.0206. The number of rotatable bonds is 6. The molecule has 0 aromatic carbocycles. The Labute approximate surface area is 256 Å². The van der Waals surface area contributed by atoms with E-state index in [0.29, 0.717) is 74.7 Å². The van der Waals surface area contributed by atoms with Crippen molar-refractivity contribution in [2.45, 2.75) is 31.7 Å². The van der Waals surface area contributed by atoms with Gasteiger partial charge in [0.05, 0.1) is 12.3 Å². The maximum atomic E-state index is 16.4. The molecule has 232 valence electrons. The average molecular weight is 617 g/mol. The number of hydrogen-bond acceptors (Lipinski definition) is 9. The monoisotopic (exact) mass is 616 g/mol. The Kier molecular flexibility index (Phi) is 8.37. The van der Waals surface area contributed by atoms with Crippen molar-refractivity contribution >= 4 is 29.3 Å². The lowest BCUT2D eigenvalue weighted by atomic mass is 10.0. The van der Waals surface area contributed by atoms with Crippen LogP contribution in [-0.2, 0) is 4.79 Å². The molecule has 2 aliphatic rings. The summed E-state index contributed by atoms with van der Waals surface area (Å²) >= 11 is 0. The molecular formula is C30H30F2N10O3. The Morgan fingerprint density at radius 2 is 1.89 bits per heavy atom. The molecule has 0 bridgehead atoms. The number of amides is 2. The van der Waals surface area contributed by atoms with Crippen molar-refractivity contribution in [3.63, 3.8) is 0 Å². The molecule has 0 radical (unpaired) electrons. The van der Waals surface area contributed by atoms with Crippen LogP contribution >= 0.6 is 0 Å². The molecule has 4 aromatic heterocycles. The number of halogens is 2. The van der Waals surface area contributed by atoms with Gasteiger partial charge in [-0.2, -0.15) is 5.26 Å². The van der Waals surface area contributed by atoms with Crippen molar-refractivity contribution in [1.82, 2.24) is 34.1 Å². The zero-order chi connectivity index (χ0) is 31.5. The normalized spacial score (nSPS) is 17.2. The molecular weight excluding hydrogens is 586 g/mol. The number of nitrogens with one attached hydrogen (secondary N) is 1. The molecule has 0 aliphatic carbocycles. The molecule has 1 atom stereocenters. The highest BCUT2D eigenvalue weighted by molar-refractivity contribution is 5.78. The summed E-state index contributed by atoms with van der Waals surface area (Å²) in [6, 6.07) is 7.67. The summed E-state index contributed by atoms with van der Waals surface area (Å²) in [5, 5.41) is 21.5. The number of anilines is 2. The molecule has 0 spiro atoms. The van der Waals surface area contributed by atoms with Gasteiger partial charge in [-0.3, -0.25) is 9.20 Å². The number of hydrogen-bond donors (Lipinski definition) is 2. The fraction of sp³-hybridized carbons (Fsp3) is 0.367. The predicted octanol–water partition coefficient (Wildman–Crippen LogP) is 3.64. The van der Waals surface area contributed by atoms with Crippen molar-refractivity contribution in [3.8, 4) is 28.8 Å². The third kappa shape index (κ3) is 6.30. The number of piperidine rings is 1. The number of aromatic nitrogens is 5. The second-order valence-corrected chi connectivity index (χ2v) is 10.9. The Hall–Kier alpha value is -5.39. The number of nitriles is 1. The first-order valence-corrected chi connectivity index (χ1v) is 14.6. The minimum atomic E-state index is -0.975. The largest absolute Gasteiger partial charge is 0.465 e. The summed E-state index contributed by atoms with van der Waals surface area (Å²) in [6.07, 6.45) is 4.99. The number of carbonyl (C=O) groups is 2. The van der Waals surface area contributed by atoms with Crippen LogP contribution in [0.2, 0.25) is 0 Å². The van der Waals surface area contributed by atoms with E-state index in [1.54, 1.807) is 23.2 Å². The lowest BCUT2D eigenvalue weighted by Crippen LogP contribution is -2.45. The quantitative estimate of drug-likeness (QED) is 0.328. The molecule has 6 heterocycles. The van der Waals surface area contributed by atoms with Crippen LogP contribution in [0, 0.1) is 23.0 Å². The Balaban J connectivity index is 1.38. The van der Waals surface area contributed by atoms with Gasteiger partial charge in [0.2, 0.25) is 5.91 Å². The van der Waals surface area contributed by atoms with Crippen molar-refractivity contribution < 1.29 is 23.5 Å². The van der Waals surface area contributed by atoms with Gasteiger partial charge in [0, 0.05) is 63.3 Å². The van der Waals surface area contributed by atoms with Crippen molar-refractivity contribution in [2.24, 2.45) is 0 Å². The molecule has 2 saturated heterocycles. The van der Waals surface area contributed by atoms with Crippen LogP contribution < -0.4 is 10.2 Å². The predicted molar refractivity (Wildman–Crippen MR) is 159 cm³/mol. The first-order valence-electron chi connectivity index (χ1n) is 14.6. The highest BCUT2D eigenvalue weighted by Gasteiger charge is 2.27. The smallest absolute Gasteiger partial charge is 0.407 e. The van der Waals surface area contributed by atoms with Crippen LogP contribution in [0.15, 0.2) is 42.9 Å². The molecule has 6 rings (SSSR count). The summed E-state index contributed by atoms with van der Waals surface area (Å²) in [6.45, 7) is 2.49. The van der Waals surface area contributed by atoms with Crippen LogP contribution in [0.4, 0.5) is 25.2 Å². The molecule has 13 nitrogen and oxygen atoms in total. The minimum Gasteiger partial charge on any atom is -0.465 e. The van der Waals surface area contributed by atoms with Crippen LogP contribution in [0.5, 0.6) is 0 Å². The SMILES string of the molecule is N#CCC(=O)N1CCC[C@@H](Nc2nc(-c3cnc4ccc(F)cn34)nc(-c3ccnc(N4CCCN(C(=O)O)CC4)c3)c2F)C1. The number of carboxylic acid groups (broad SMARTS) is 1. The Bertz CT molecular complexity index is 1790. The Morgan fingerprint density at radius 3 is 2.71 bits per heavy atom. The van der Waals surface area contributed by atoms with Gasteiger partial charge < -0.3 is 25.1 Å². The van der Waals surface area contributed by atoms with Gasteiger partial charge in [0.25, 0.3) is 0 Å². The van der Waals surface area contributed by atoms with Gasteiger partial charge in [0.15, 0.2) is 17.5 Å². The number of nitrogens with zero attached hydrogens (tertiary/aromatic N) is 9. The summed E-state index contributed by atoms with van der Waals surface area (Å²) in [5.74, 6) is -0.944. The highest BCUT2D eigenvalue weighted by Crippen LogP contribution is 2.31. The maximum absolute atomic E-state index is 16.4. The zero-order valence-corrected chi connectivity index (χ0v) is 24.2. The molecule has 2 amide bonds. The van der Waals surface area contributed by atoms with Crippen molar-refractivity contribution in [1.29, 1.82) is 5.26 Å². The third-order valence-corrected chi connectivity index (χ3v) is 8.00. The van der Waals surface area contributed by atoms with E-state index in [2.05, 4.69) is 25.3 Å². The molecule has 0 saturated carbocycles. The second-order valence-electron chi connectivity index (χ2n) is 10.9. The summed E-state index contributed by atoms with van der Waals surface area (Å²) in [7, 11) is 0. The Morgan fingerprint density at radius 1 is 1.04 bits per heavy atom. The van der Waals surface area contributed by atoms with Gasteiger partial charge in [-0.05, 0) is 43.5 Å². The number of pyridine rings is 2. The van der Waals surface area contributed by atoms with Gasteiger partial charge in [-0.25, -0.2) is 33.5 Å². The van der Waals surface area contributed by atoms with E-state index < -0.39 is 17.7 Å². The fourth-order valence-electron chi connectivity index (χ4n) is 5.74. The van der Waals surface area contributed by atoms with Crippen LogP contribution in [0.25, 0.3) is 28.4 Å². The summed E-state index contributed by atoms with van der Waals surface area (Å²) in [4.78, 5) is 46.7. The van der Waals surface area contributed by atoms with E-state index in [1.165, 1.54) is 33.8 Å². The van der Waals surface area contributed by atoms with Gasteiger partial charge in [-0.1, -0.05) is 0 Å². The van der Waals surface area contributed by atoms with Gasteiger partial charge >= 0.3 is 6.09 Å². The number of imidazole rings is 1. The standard InChI is InChI=1S/C30H30F2N10O3/c31-20-4-5-23-35-16-22(42(23)17-20)28-37-27(19-7-9-34-24(15-19)39-11-2-12-40(14-13-39)30(44)45)26(32)29(38-28)36-21-3-1-10-41(18-21)25(43)6-8-33/h4-5,7,9,15-17,21H,1-3,6,10-14,18H2,(H,44,45)(H,36,37,38)/t21-/m1/s1. The highest BCUT2D eigenvalue weighted by atomic mass is 19.1. The lowest BCUT2D eigenvalue weighted by molar-refractivity contribution is -0.131. The van der Waals surface area contributed by atoms with Crippen LogP contribution in [0.3, 0.4) is 0 Å². The first-order chi connectivity index (χ1) is 21.8.